The van der Waals surface area contributed by atoms with Crippen molar-refractivity contribution in [3.05, 3.63) is 5.92 Å². The van der Waals surface area contributed by atoms with Crippen LogP contribution in [-0.4, -0.2) is 37.7 Å². The van der Waals surface area contributed by atoms with Gasteiger partial charge in [-0.25, -0.2) is 0 Å². The molecule has 1 aliphatic heterocycles. The van der Waals surface area contributed by atoms with Crippen molar-refractivity contribution < 1.29 is 4.74 Å². The average Bonchev–Trinajstić information content (AvgIpc) is 2.56. The predicted molar refractivity (Wildman–Crippen MR) is 62.8 cm³/mol. The first-order valence-corrected chi connectivity index (χ1v) is 6.59. The van der Waals surface area contributed by atoms with Crippen LogP contribution >= 0.6 is 0 Å². The zero-order chi connectivity index (χ0) is 10.3. The zero-order valence-electron chi connectivity index (χ0n) is 9.84. The molecule has 1 aliphatic carbocycles. The van der Waals surface area contributed by atoms with E-state index in [0.29, 0.717) is 0 Å². The van der Waals surface area contributed by atoms with Crippen LogP contribution in [0.1, 0.15) is 44.9 Å². The summed E-state index contributed by atoms with van der Waals surface area (Å²) in [5, 5.41) is 0. The van der Waals surface area contributed by atoms with E-state index in [1.54, 1.807) is 0 Å². The Labute approximate surface area is 94.0 Å². The predicted octanol–water partition coefficient (Wildman–Crippen LogP) is 2.64. The Kier molecular flexibility index (Phi) is 4.94. The van der Waals surface area contributed by atoms with E-state index in [-0.39, 0.29) is 0 Å². The molecule has 2 rings (SSSR count). The van der Waals surface area contributed by atoms with Crippen molar-refractivity contribution >= 4 is 0 Å². The van der Waals surface area contributed by atoms with Gasteiger partial charge in [0.1, 0.15) is 0 Å². The molecule has 0 bridgehead atoms. The maximum Gasteiger partial charge on any atom is 0.0594 e. The lowest BCUT2D eigenvalue weighted by Gasteiger charge is -2.28. The van der Waals surface area contributed by atoms with Crippen LogP contribution in [0, 0.1) is 5.92 Å². The lowest BCUT2D eigenvalue weighted by atomic mass is 9.96. The smallest absolute Gasteiger partial charge is 0.0594 e. The molecule has 87 valence electrons. The molecule has 1 heterocycles. The lowest BCUT2D eigenvalue weighted by molar-refractivity contribution is 0.0376. The van der Waals surface area contributed by atoms with Crippen LogP contribution in [0.5, 0.6) is 0 Å². The molecule has 0 N–H and O–H groups in total. The Balaban J connectivity index is 1.62. The highest BCUT2D eigenvalue weighted by atomic mass is 16.5. The third-order valence-corrected chi connectivity index (χ3v) is 3.70. The summed E-state index contributed by atoms with van der Waals surface area (Å²) in [5.74, 6) is 1.83. The number of nitrogens with zero attached hydrogens (tertiary/aromatic N) is 1. The summed E-state index contributed by atoms with van der Waals surface area (Å²) in [4.78, 5) is 2.56. The first-order valence-electron chi connectivity index (χ1n) is 6.59. The fourth-order valence-corrected chi connectivity index (χ4v) is 2.62. The third-order valence-electron chi connectivity index (χ3n) is 3.70. The number of hydrogen-bond donors (Lipinski definition) is 0. The molecule has 15 heavy (non-hydrogen) atoms. The number of ether oxygens (including phenoxy) is 1. The summed E-state index contributed by atoms with van der Waals surface area (Å²) in [7, 11) is 0. The van der Waals surface area contributed by atoms with Gasteiger partial charge in [-0.05, 0) is 31.7 Å². The van der Waals surface area contributed by atoms with Gasteiger partial charge in [-0.3, -0.25) is 4.90 Å². The third kappa shape index (κ3) is 4.12. The van der Waals surface area contributed by atoms with Crippen LogP contribution in [0.4, 0.5) is 0 Å². The number of rotatable bonds is 3. The molecule has 0 aromatic carbocycles. The van der Waals surface area contributed by atoms with Gasteiger partial charge in [0, 0.05) is 13.1 Å². The maximum absolute atomic E-state index is 5.36. The highest BCUT2D eigenvalue weighted by Gasteiger charge is 2.15. The van der Waals surface area contributed by atoms with Crippen molar-refractivity contribution in [2.24, 2.45) is 0 Å². The number of hydrogen-bond acceptors (Lipinski definition) is 2. The minimum Gasteiger partial charge on any atom is -0.379 e. The SMILES string of the molecule is C1CCC[C](CCN2CCOCC2)CC1. The second-order valence-corrected chi connectivity index (χ2v) is 4.87. The van der Waals surface area contributed by atoms with E-state index in [1.807, 2.05) is 5.92 Å². The van der Waals surface area contributed by atoms with Gasteiger partial charge in [0.25, 0.3) is 0 Å². The van der Waals surface area contributed by atoms with E-state index in [2.05, 4.69) is 4.90 Å². The molecule has 0 amide bonds. The minimum atomic E-state index is 0.940. The van der Waals surface area contributed by atoms with Gasteiger partial charge in [-0.1, -0.05) is 25.7 Å². The van der Waals surface area contributed by atoms with Crippen molar-refractivity contribution in [1.29, 1.82) is 0 Å². The normalized spacial score (nSPS) is 26.4. The summed E-state index contributed by atoms with van der Waals surface area (Å²) >= 11 is 0. The molecule has 1 saturated heterocycles. The highest BCUT2D eigenvalue weighted by Crippen LogP contribution is 2.27. The molecule has 0 aromatic heterocycles. The highest BCUT2D eigenvalue weighted by molar-refractivity contribution is 4.91. The van der Waals surface area contributed by atoms with Crippen LogP contribution in [-0.2, 0) is 4.74 Å². The van der Waals surface area contributed by atoms with Crippen molar-refractivity contribution in [2.45, 2.75) is 44.9 Å². The molecule has 0 atom stereocenters. The van der Waals surface area contributed by atoms with E-state index < -0.39 is 0 Å². The summed E-state index contributed by atoms with van der Waals surface area (Å²) in [6, 6.07) is 0. The summed E-state index contributed by atoms with van der Waals surface area (Å²) in [6.07, 6.45) is 9.97. The first-order chi connectivity index (χ1) is 7.45. The van der Waals surface area contributed by atoms with Gasteiger partial charge >= 0.3 is 0 Å². The molecule has 0 spiro atoms. The van der Waals surface area contributed by atoms with Gasteiger partial charge in [0.15, 0.2) is 0 Å². The van der Waals surface area contributed by atoms with Crippen LogP contribution in [0.2, 0.25) is 0 Å². The number of morpholine rings is 1. The molecule has 2 heteroatoms. The standard InChI is InChI=1S/C13H24NO/c1-2-4-6-13(5-3-1)7-8-14-9-11-15-12-10-14/h1-12H2. The molecule has 2 aliphatic rings. The molecule has 0 aromatic rings. The molecule has 2 nitrogen and oxygen atoms in total. The maximum atomic E-state index is 5.36. The molecule has 2 fully saturated rings. The van der Waals surface area contributed by atoms with Crippen molar-refractivity contribution in [1.82, 2.24) is 4.90 Å². The summed E-state index contributed by atoms with van der Waals surface area (Å²) in [5.41, 5.74) is 0. The van der Waals surface area contributed by atoms with Gasteiger partial charge in [0.2, 0.25) is 0 Å². The molecular weight excluding hydrogens is 186 g/mol. The second-order valence-electron chi connectivity index (χ2n) is 4.87. The van der Waals surface area contributed by atoms with Crippen molar-refractivity contribution in [3.8, 4) is 0 Å². The van der Waals surface area contributed by atoms with E-state index in [1.165, 1.54) is 51.5 Å². The topological polar surface area (TPSA) is 12.5 Å². The Morgan fingerprint density at radius 1 is 0.933 bits per heavy atom. The van der Waals surface area contributed by atoms with Crippen LogP contribution in [0.3, 0.4) is 0 Å². The summed E-state index contributed by atoms with van der Waals surface area (Å²) < 4.78 is 5.36. The zero-order valence-corrected chi connectivity index (χ0v) is 9.84. The molecular formula is C13H24NO. The second kappa shape index (κ2) is 6.49. The lowest BCUT2D eigenvalue weighted by Crippen LogP contribution is -2.37. The Bertz CT molecular complexity index is 158. The van der Waals surface area contributed by atoms with Crippen LogP contribution < -0.4 is 0 Å². The first kappa shape index (κ1) is 11.4. The van der Waals surface area contributed by atoms with Crippen molar-refractivity contribution in [3.63, 3.8) is 0 Å². The Hall–Kier alpha value is -0.0800. The largest absolute Gasteiger partial charge is 0.379 e. The quantitative estimate of drug-likeness (QED) is 0.664. The Morgan fingerprint density at radius 2 is 1.60 bits per heavy atom. The van der Waals surface area contributed by atoms with E-state index in [9.17, 15) is 0 Å². The minimum absolute atomic E-state index is 0.940. The molecule has 1 radical (unpaired) electrons. The van der Waals surface area contributed by atoms with Crippen molar-refractivity contribution in [2.75, 3.05) is 32.8 Å². The van der Waals surface area contributed by atoms with E-state index >= 15 is 0 Å². The van der Waals surface area contributed by atoms with Gasteiger partial charge in [-0.2, -0.15) is 0 Å². The average molecular weight is 210 g/mol. The molecule has 0 unspecified atom stereocenters. The van der Waals surface area contributed by atoms with Gasteiger partial charge in [-0.15, -0.1) is 0 Å². The monoisotopic (exact) mass is 210 g/mol. The molecule has 1 saturated carbocycles. The van der Waals surface area contributed by atoms with E-state index in [0.717, 1.165) is 26.3 Å². The fraction of sp³-hybridized carbons (Fsp3) is 0.923. The van der Waals surface area contributed by atoms with Gasteiger partial charge in [0.05, 0.1) is 13.2 Å². The fourth-order valence-electron chi connectivity index (χ4n) is 2.62. The van der Waals surface area contributed by atoms with Crippen LogP contribution in [0.25, 0.3) is 0 Å². The van der Waals surface area contributed by atoms with Gasteiger partial charge < -0.3 is 4.74 Å². The van der Waals surface area contributed by atoms with E-state index in [4.69, 9.17) is 4.74 Å². The van der Waals surface area contributed by atoms with Crippen LogP contribution in [0.15, 0.2) is 0 Å². The summed E-state index contributed by atoms with van der Waals surface area (Å²) in [6.45, 7) is 5.45. The Morgan fingerprint density at radius 3 is 2.27 bits per heavy atom.